The minimum Gasteiger partial charge on any atom is -0.317 e. The minimum atomic E-state index is 1.15. The summed E-state index contributed by atoms with van der Waals surface area (Å²) in [5, 5.41) is 14.0. The Labute approximate surface area is 113 Å². The van der Waals surface area contributed by atoms with Crippen molar-refractivity contribution in [1.29, 1.82) is 0 Å². The van der Waals surface area contributed by atoms with E-state index in [1.807, 2.05) is 0 Å². The average Bonchev–Trinajstić information content (AvgIpc) is 2.39. The lowest BCUT2D eigenvalue weighted by atomic mass is 10.2. The van der Waals surface area contributed by atoms with Gasteiger partial charge in [0.05, 0.1) is 0 Å². The summed E-state index contributed by atoms with van der Waals surface area (Å²) < 4.78 is 0. The standard InChI is InChI=1S/C14H32N4/c1-3-9-16-11-5-13-18-14-6-12-17-10-4-2-8-15-7-1/h15-18H,1-14H2. The zero-order valence-corrected chi connectivity index (χ0v) is 11.9. The molecule has 1 fully saturated rings. The molecule has 0 amide bonds. The number of hydrogen-bond donors (Lipinski definition) is 4. The maximum absolute atomic E-state index is 3.52. The Morgan fingerprint density at radius 1 is 0.278 bits per heavy atom. The van der Waals surface area contributed by atoms with Crippen LogP contribution in [0, 0.1) is 0 Å². The Morgan fingerprint density at radius 3 is 0.778 bits per heavy atom. The molecule has 1 rings (SSSR count). The number of rotatable bonds is 0. The molecular formula is C14H32N4. The van der Waals surface area contributed by atoms with E-state index in [9.17, 15) is 0 Å². The molecule has 0 aromatic carbocycles. The van der Waals surface area contributed by atoms with E-state index in [2.05, 4.69) is 21.3 Å². The van der Waals surface area contributed by atoms with Gasteiger partial charge < -0.3 is 21.3 Å². The van der Waals surface area contributed by atoms with Crippen LogP contribution in [-0.2, 0) is 0 Å². The van der Waals surface area contributed by atoms with Crippen molar-refractivity contribution in [2.75, 3.05) is 52.4 Å². The zero-order valence-electron chi connectivity index (χ0n) is 11.9. The van der Waals surface area contributed by atoms with Gasteiger partial charge in [0.15, 0.2) is 0 Å². The van der Waals surface area contributed by atoms with Crippen LogP contribution in [0.4, 0.5) is 0 Å². The van der Waals surface area contributed by atoms with Crippen molar-refractivity contribution >= 4 is 0 Å². The van der Waals surface area contributed by atoms with Gasteiger partial charge in [-0.05, 0) is 90.9 Å². The van der Waals surface area contributed by atoms with Gasteiger partial charge in [-0.3, -0.25) is 0 Å². The van der Waals surface area contributed by atoms with E-state index in [1.54, 1.807) is 0 Å². The summed E-state index contributed by atoms with van der Waals surface area (Å²) in [7, 11) is 0. The fraction of sp³-hybridized carbons (Fsp3) is 1.00. The van der Waals surface area contributed by atoms with Crippen LogP contribution in [0.15, 0.2) is 0 Å². The molecular weight excluding hydrogens is 224 g/mol. The molecule has 0 aromatic heterocycles. The lowest BCUT2D eigenvalue weighted by Gasteiger charge is -2.09. The molecule has 1 saturated heterocycles. The van der Waals surface area contributed by atoms with Gasteiger partial charge in [0.25, 0.3) is 0 Å². The van der Waals surface area contributed by atoms with Crippen LogP contribution in [0.3, 0.4) is 0 Å². The van der Waals surface area contributed by atoms with Crippen LogP contribution in [0.25, 0.3) is 0 Å². The number of hydrogen-bond acceptors (Lipinski definition) is 4. The first-order chi connectivity index (χ1) is 9.00. The van der Waals surface area contributed by atoms with Crippen molar-refractivity contribution in [2.45, 2.75) is 38.5 Å². The molecule has 1 aliphatic heterocycles. The fourth-order valence-electron chi connectivity index (χ4n) is 2.18. The molecule has 4 heteroatoms. The van der Waals surface area contributed by atoms with E-state index in [0.717, 1.165) is 26.2 Å². The quantitative estimate of drug-likeness (QED) is 0.515. The highest BCUT2D eigenvalue weighted by atomic mass is 14.9. The maximum Gasteiger partial charge on any atom is -0.00368 e. The smallest absolute Gasteiger partial charge is 0.00368 e. The average molecular weight is 256 g/mol. The predicted octanol–water partition coefficient (Wildman–Crippen LogP) is 0.699. The van der Waals surface area contributed by atoms with Crippen molar-refractivity contribution in [3.05, 3.63) is 0 Å². The van der Waals surface area contributed by atoms with E-state index in [4.69, 9.17) is 0 Å². The van der Waals surface area contributed by atoms with E-state index >= 15 is 0 Å². The van der Waals surface area contributed by atoms with Crippen LogP contribution < -0.4 is 21.3 Å². The van der Waals surface area contributed by atoms with Gasteiger partial charge >= 0.3 is 0 Å². The third kappa shape index (κ3) is 11.0. The van der Waals surface area contributed by atoms with Gasteiger partial charge in [0.1, 0.15) is 0 Å². The molecule has 0 bridgehead atoms. The largest absolute Gasteiger partial charge is 0.317 e. The van der Waals surface area contributed by atoms with Gasteiger partial charge in [-0.15, -0.1) is 0 Å². The van der Waals surface area contributed by atoms with E-state index in [1.165, 1.54) is 64.7 Å². The second kappa shape index (κ2) is 13.3. The van der Waals surface area contributed by atoms with Crippen LogP contribution in [-0.4, -0.2) is 52.4 Å². The molecule has 0 aliphatic carbocycles. The first kappa shape index (κ1) is 15.9. The van der Waals surface area contributed by atoms with E-state index in [0.29, 0.717) is 0 Å². The highest BCUT2D eigenvalue weighted by Gasteiger charge is 1.94. The first-order valence-corrected chi connectivity index (χ1v) is 7.83. The molecule has 0 spiro atoms. The predicted molar refractivity (Wildman–Crippen MR) is 79.2 cm³/mol. The molecule has 0 unspecified atom stereocenters. The summed E-state index contributed by atoms with van der Waals surface area (Å²) in [6.07, 6.45) is 7.66. The van der Waals surface area contributed by atoms with Gasteiger partial charge in [0, 0.05) is 0 Å². The van der Waals surface area contributed by atoms with Crippen LogP contribution in [0.1, 0.15) is 38.5 Å². The van der Waals surface area contributed by atoms with Crippen molar-refractivity contribution in [3.8, 4) is 0 Å². The highest BCUT2D eigenvalue weighted by molar-refractivity contribution is 4.57. The second-order valence-corrected chi connectivity index (χ2v) is 5.12. The Bertz CT molecular complexity index is 88.8. The second-order valence-electron chi connectivity index (χ2n) is 5.12. The third-order valence-electron chi connectivity index (χ3n) is 3.33. The normalized spacial score (nSPS) is 24.0. The minimum absolute atomic E-state index is 1.15. The summed E-state index contributed by atoms with van der Waals surface area (Å²) in [5.74, 6) is 0. The molecule has 108 valence electrons. The van der Waals surface area contributed by atoms with Crippen molar-refractivity contribution < 1.29 is 0 Å². The molecule has 0 radical (unpaired) electrons. The fourth-order valence-corrected chi connectivity index (χ4v) is 2.18. The molecule has 0 saturated carbocycles. The van der Waals surface area contributed by atoms with Crippen molar-refractivity contribution in [2.24, 2.45) is 0 Å². The van der Waals surface area contributed by atoms with Gasteiger partial charge in [0.2, 0.25) is 0 Å². The van der Waals surface area contributed by atoms with Gasteiger partial charge in [-0.2, -0.15) is 0 Å². The van der Waals surface area contributed by atoms with Crippen molar-refractivity contribution in [3.63, 3.8) is 0 Å². The molecule has 1 heterocycles. The van der Waals surface area contributed by atoms with Crippen LogP contribution in [0.5, 0.6) is 0 Å². The Balaban J connectivity index is 2.00. The van der Waals surface area contributed by atoms with Crippen LogP contribution >= 0.6 is 0 Å². The summed E-state index contributed by atoms with van der Waals surface area (Å²) in [6.45, 7) is 9.30. The summed E-state index contributed by atoms with van der Waals surface area (Å²) in [5.41, 5.74) is 0. The Kier molecular flexibility index (Phi) is 11.7. The SMILES string of the molecule is C1CCNCCCNCCCNCCCCNC1. The zero-order chi connectivity index (χ0) is 12.7. The Hall–Kier alpha value is -0.160. The molecule has 4 nitrogen and oxygen atoms in total. The maximum atomic E-state index is 3.52. The lowest BCUT2D eigenvalue weighted by molar-refractivity contribution is 0.525. The van der Waals surface area contributed by atoms with Gasteiger partial charge in [-0.25, -0.2) is 0 Å². The summed E-state index contributed by atoms with van der Waals surface area (Å²) in [6, 6.07) is 0. The van der Waals surface area contributed by atoms with Crippen molar-refractivity contribution in [1.82, 2.24) is 21.3 Å². The molecule has 18 heavy (non-hydrogen) atoms. The van der Waals surface area contributed by atoms with Gasteiger partial charge in [-0.1, -0.05) is 0 Å². The summed E-state index contributed by atoms with van der Waals surface area (Å²) >= 11 is 0. The highest BCUT2D eigenvalue weighted by Crippen LogP contribution is 1.88. The third-order valence-corrected chi connectivity index (χ3v) is 3.33. The molecule has 4 N–H and O–H groups in total. The summed E-state index contributed by atoms with van der Waals surface area (Å²) in [4.78, 5) is 0. The first-order valence-electron chi connectivity index (χ1n) is 7.83. The number of nitrogens with one attached hydrogen (secondary N) is 4. The molecule has 0 atom stereocenters. The van der Waals surface area contributed by atoms with Crippen LogP contribution in [0.2, 0.25) is 0 Å². The topological polar surface area (TPSA) is 48.1 Å². The monoisotopic (exact) mass is 256 g/mol. The molecule has 1 aliphatic rings. The van der Waals surface area contributed by atoms with E-state index < -0.39 is 0 Å². The lowest BCUT2D eigenvalue weighted by Crippen LogP contribution is -2.27. The Morgan fingerprint density at radius 2 is 0.500 bits per heavy atom. The van der Waals surface area contributed by atoms with E-state index in [-0.39, 0.29) is 0 Å². The molecule has 0 aromatic rings.